The number of nitrogens with two attached hydrogens (primary N) is 1. The van der Waals surface area contributed by atoms with E-state index >= 15 is 0 Å². The van der Waals surface area contributed by atoms with Crippen LogP contribution in [0, 0.1) is 17.8 Å². The van der Waals surface area contributed by atoms with E-state index < -0.39 is 0 Å². The zero-order valence-electron chi connectivity index (χ0n) is 12.4. The number of halogens is 1. The molecule has 3 N–H and O–H groups in total. The van der Waals surface area contributed by atoms with Crippen LogP contribution >= 0.6 is 12.4 Å². The van der Waals surface area contributed by atoms with Gasteiger partial charge in [-0.2, -0.15) is 0 Å². The van der Waals surface area contributed by atoms with Gasteiger partial charge in [0.25, 0.3) is 0 Å². The molecule has 0 aromatic rings. The number of carbonyl (C=O) groups excluding carboxylic acids is 1. The van der Waals surface area contributed by atoms with E-state index in [9.17, 15) is 4.79 Å². The van der Waals surface area contributed by atoms with Crippen LogP contribution in [0.4, 0.5) is 0 Å². The normalized spacial score (nSPS) is 37.9. The molecule has 0 heterocycles. The van der Waals surface area contributed by atoms with Crippen LogP contribution < -0.4 is 11.1 Å². The van der Waals surface area contributed by atoms with E-state index in [1.165, 1.54) is 38.5 Å². The fourth-order valence-corrected chi connectivity index (χ4v) is 4.23. The Balaban J connectivity index is 0.00000147. The molecule has 0 saturated heterocycles. The van der Waals surface area contributed by atoms with Crippen molar-refractivity contribution in [2.75, 3.05) is 0 Å². The third-order valence-electron chi connectivity index (χ3n) is 5.51. The van der Waals surface area contributed by atoms with Crippen LogP contribution in [0.15, 0.2) is 0 Å². The first-order chi connectivity index (χ1) is 9.24. The Labute approximate surface area is 128 Å². The lowest BCUT2D eigenvalue weighted by atomic mass is 9.85. The van der Waals surface area contributed by atoms with Crippen molar-refractivity contribution in [3.05, 3.63) is 0 Å². The molecule has 3 aliphatic carbocycles. The number of carbonyl (C=O) groups is 1. The molecule has 0 spiro atoms. The average molecular weight is 301 g/mol. The van der Waals surface area contributed by atoms with Gasteiger partial charge >= 0.3 is 0 Å². The van der Waals surface area contributed by atoms with E-state index in [1.54, 1.807) is 0 Å². The van der Waals surface area contributed by atoms with Crippen molar-refractivity contribution in [3.63, 3.8) is 0 Å². The van der Waals surface area contributed by atoms with Crippen LogP contribution in [-0.4, -0.2) is 18.0 Å². The third kappa shape index (κ3) is 3.88. The number of hydrogen-bond acceptors (Lipinski definition) is 2. The molecule has 3 fully saturated rings. The van der Waals surface area contributed by atoms with Crippen LogP contribution in [0.3, 0.4) is 0 Å². The van der Waals surface area contributed by atoms with Crippen LogP contribution in [-0.2, 0) is 4.79 Å². The second kappa shape index (κ2) is 7.13. The lowest BCUT2D eigenvalue weighted by Crippen LogP contribution is -2.39. The van der Waals surface area contributed by atoms with Crippen molar-refractivity contribution in [1.29, 1.82) is 0 Å². The summed E-state index contributed by atoms with van der Waals surface area (Å²) in [6.45, 7) is 0. The summed E-state index contributed by atoms with van der Waals surface area (Å²) in [5.74, 6) is 2.17. The Morgan fingerprint density at radius 2 is 1.70 bits per heavy atom. The van der Waals surface area contributed by atoms with Crippen molar-refractivity contribution >= 4 is 18.3 Å². The lowest BCUT2D eigenvalue weighted by Gasteiger charge is -2.26. The van der Waals surface area contributed by atoms with E-state index in [4.69, 9.17) is 5.73 Å². The minimum Gasteiger partial charge on any atom is -0.353 e. The summed E-state index contributed by atoms with van der Waals surface area (Å²) in [5, 5.41) is 3.30. The van der Waals surface area contributed by atoms with Gasteiger partial charge in [-0.1, -0.05) is 38.5 Å². The maximum atomic E-state index is 12.3. The van der Waals surface area contributed by atoms with Gasteiger partial charge in [-0.25, -0.2) is 0 Å². The molecule has 0 aromatic carbocycles. The molecular formula is C16H29ClN2O. The third-order valence-corrected chi connectivity index (χ3v) is 5.51. The van der Waals surface area contributed by atoms with Crippen molar-refractivity contribution in [2.24, 2.45) is 23.5 Å². The first kappa shape index (κ1) is 16.1. The highest BCUT2D eigenvalue weighted by atomic mass is 35.5. The second-order valence-corrected chi connectivity index (χ2v) is 7.04. The minimum absolute atomic E-state index is 0. The molecule has 0 bridgehead atoms. The topological polar surface area (TPSA) is 55.1 Å². The summed E-state index contributed by atoms with van der Waals surface area (Å²) in [6.07, 6.45) is 12.4. The molecule has 116 valence electrons. The molecule has 3 rings (SSSR count). The standard InChI is InChI=1S/C16H28N2O.ClH/c17-13-8-4-7-12(9-13)16(19)18-15-10-14(15)11-5-2-1-3-6-11;/h11-15H,1-10,17H2,(H,18,19);1H. The Hall–Kier alpha value is -0.280. The highest BCUT2D eigenvalue weighted by Gasteiger charge is 2.44. The molecule has 3 nitrogen and oxygen atoms in total. The smallest absolute Gasteiger partial charge is 0.223 e. The highest BCUT2D eigenvalue weighted by molar-refractivity contribution is 5.85. The molecule has 3 aliphatic rings. The number of hydrogen-bond donors (Lipinski definition) is 2. The van der Waals surface area contributed by atoms with Gasteiger partial charge in [-0.15, -0.1) is 12.4 Å². The van der Waals surface area contributed by atoms with Crippen molar-refractivity contribution in [2.45, 2.75) is 76.3 Å². The summed E-state index contributed by atoms with van der Waals surface area (Å²) in [4.78, 5) is 12.3. The summed E-state index contributed by atoms with van der Waals surface area (Å²) in [6, 6.07) is 0.742. The zero-order chi connectivity index (χ0) is 13.2. The summed E-state index contributed by atoms with van der Waals surface area (Å²) < 4.78 is 0. The zero-order valence-corrected chi connectivity index (χ0v) is 13.2. The number of amides is 1. The van der Waals surface area contributed by atoms with Gasteiger partial charge < -0.3 is 11.1 Å². The fourth-order valence-electron chi connectivity index (χ4n) is 4.23. The van der Waals surface area contributed by atoms with E-state index in [-0.39, 0.29) is 24.4 Å². The first-order valence-electron chi connectivity index (χ1n) is 8.30. The minimum atomic E-state index is 0. The SMILES string of the molecule is Cl.NC1CCCC(C(=O)NC2CC2C2CCCCC2)C1. The van der Waals surface area contributed by atoms with Crippen molar-refractivity contribution < 1.29 is 4.79 Å². The molecule has 0 aromatic heterocycles. The van der Waals surface area contributed by atoms with E-state index in [2.05, 4.69) is 5.32 Å². The van der Waals surface area contributed by atoms with Gasteiger partial charge in [0, 0.05) is 18.0 Å². The Bertz CT molecular complexity index is 330. The van der Waals surface area contributed by atoms with Crippen LogP contribution in [0.1, 0.15) is 64.2 Å². The maximum absolute atomic E-state index is 12.3. The summed E-state index contributed by atoms with van der Waals surface area (Å²) >= 11 is 0. The lowest BCUT2D eigenvalue weighted by molar-refractivity contribution is -0.126. The average Bonchev–Trinajstić information content (AvgIpc) is 3.19. The summed E-state index contributed by atoms with van der Waals surface area (Å²) in [7, 11) is 0. The van der Waals surface area contributed by atoms with Crippen LogP contribution in [0.2, 0.25) is 0 Å². The molecule has 1 amide bonds. The first-order valence-corrected chi connectivity index (χ1v) is 8.30. The second-order valence-electron chi connectivity index (χ2n) is 7.04. The van der Waals surface area contributed by atoms with E-state index in [0.29, 0.717) is 11.9 Å². The van der Waals surface area contributed by atoms with Gasteiger partial charge in [0.1, 0.15) is 0 Å². The van der Waals surface area contributed by atoms with E-state index in [1.807, 2.05) is 0 Å². The van der Waals surface area contributed by atoms with Gasteiger partial charge in [-0.3, -0.25) is 4.79 Å². The number of rotatable bonds is 3. The molecule has 4 heteroatoms. The van der Waals surface area contributed by atoms with Gasteiger partial charge in [0.2, 0.25) is 5.91 Å². The monoisotopic (exact) mass is 300 g/mol. The molecule has 3 saturated carbocycles. The van der Waals surface area contributed by atoms with Crippen LogP contribution in [0.25, 0.3) is 0 Å². The Morgan fingerprint density at radius 1 is 0.950 bits per heavy atom. The molecular weight excluding hydrogens is 272 g/mol. The van der Waals surface area contributed by atoms with Crippen molar-refractivity contribution in [1.82, 2.24) is 5.32 Å². The van der Waals surface area contributed by atoms with Gasteiger partial charge in [-0.05, 0) is 37.5 Å². The molecule has 20 heavy (non-hydrogen) atoms. The molecule has 4 unspecified atom stereocenters. The molecule has 0 radical (unpaired) electrons. The van der Waals surface area contributed by atoms with Gasteiger partial charge in [0.15, 0.2) is 0 Å². The quantitative estimate of drug-likeness (QED) is 0.842. The number of nitrogens with one attached hydrogen (secondary N) is 1. The predicted molar refractivity (Wildman–Crippen MR) is 83.8 cm³/mol. The Morgan fingerprint density at radius 3 is 2.40 bits per heavy atom. The molecule has 0 aliphatic heterocycles. The molecule has 4 atom stereocenters. The highest BCUT2D eigenvalue weighted by Crippen LogP contribution is 2.44. The maximum Gasteiger partial charge on any atom is 0.223 e. The van der Waals surface area contributed by atoms with Crippen molar-refractivity contribution in [3.8, 4) is 0 Å². The Kier molecular flexibility index (Phi) is 5.74. The summed E-state index contributed by atoms with van der Waals surface area (Å²) in [5.41, 5.74) is 5.97. The predicted octanol–water partition coefficient (Wildman–Crippen LogP) is 3.01. The fraction of sp³-hybridized carbons (Fsp3) is 0.938. The van der Waals surface area contributed by atoms with Crippen LogP contribution in [0.5, 0.6) is 0 Å². The largest absolute Gasteiger partial charge is 0.353 e. The van der Waals surface area contributed by atoms with Gasteiger partial charge in [0.05, 0.1) is 0 Å². The van der Waals surface area contributed by atoms with E-state index in [0.717, 1.165) is 37.5 Å².